The fourth-order valence-electron chi connectivity index (χ4n) is 2.63. The van der Waals surface area contributed by atoms with Gasteiger partial charge in [-0.3, -0.25) is 4.79 Å². The second-order valence-electron chi connectivity index (χ2n) is 6.35. The van der Waals surface area contributed by atoms with Gasteiger partial charge in [0, 0.05) is 17.3 Å². The Balaban J connectivity index is 1.61. The minimum atomic E-state index is -0.169. The number of anilines is 1. The number of carbonyl (C=O) groups is 1. The van der Waals surface area contributed by atoms with Crippen LogP contribution < -0.4 is 14.8 Å². The molecule has 5 nitrogen and oxygen atoms in total. The second-order valence-corrected chi connectivity index (χ2v) is 6.35. The third-order valence-corrected chi connectivity index (χ3v) is 4.56. The van der Waals surface area contributed by atoms with Crippen molar-refractivity contribution < 1.29 is 19.0 Å². The van der Waals surface area contributed by atoms with E-state index >= 15 is 0 Å². The van der Waals surface area contributed by atoms with Crippen molar-refractivity contribution in [1.29, 1.82) is 0 Å². The third kappa shape index (κ3) is 4.12. The zero-order chi connectivity index (χ0) is 17.7. The maximum Gasteiger partial charge on any atom is 0.255 e. The van der Waals surface area contributed by atoms with Crippen LogP contribution in [-0.4, -0.2) is 32.8 Å². The molecule has 0 radical (unpaired) electrons. The van der Waals surface area contributed by atoms with Crippen LogP contribution in [0.1, 0.15) is 23.7 Å². The van der Waals surface area contributed by atoms with E-state index in [1.165, 1.54) is 0 Å². The summed E-state index contributed by atoms with van der Waals surface area (Å²) in [4.78, 5) is 12.3. The molecule has 2 aromatic carbocycles. The largest absolute Gasteiger partial charge is 0.497 e. The van der Waals surface area contributed by atoms with Crippen molar-refractivity contribution in [3.63, 3.8) is 0 Å². The summed E-state index contributed by atoms with van der Waals surface area (Å²) >= 11 is 0. The molecule has 3 rings (SSSR count). The number of rotatable bonds is 7. The lowest BCUT2D eigenvalue weighted by Crippen LogP contribution is -2.46. The monoisotopic (exact) mass is 341 g/mol. The predicted octanol–water partition coefficient (Wildman–Crippen LogP) is 3.75. The summed E-state index contributed by atoms with van der Waals surface area (Å²) in [6.07, 6.45) is 1.03. The highest BCUT2D eigenvalue weighted by atomic mass is 16.5. The molecule has 1 amide bonds. The Morgan fingerprint density at radius 1 is 1.16 bits per heavy atom. The van der Waals surface area contributed by atoms with Gasteiger partial charge in [0.1, 0.15) is 11.5 Å². The minimum absolute atomic E-state index is 0.127. The molecular weight excluding hydrogens is 318 g/mol. The minimum Gasteiger partial charge on any atom is -0.497 e. The Hall–Kier alpha value is -2.53. The van der Waals surface area contributed by atoms with Crippen LogP contribution in [0.4, 0.5) is 5.69 Å². The molecule has 1 aliphatic heterocycles. The molecule has 2 aromatic rings. The van der Waals surface area contributed by atoms with Gasteiger partial charge in [-0.2, -0.15) is 0 Å². The fourth-order valence-corrected chi connectivity index (χ4v) is 2.63. The highest BCUT2D eigenvalue weighted by molar-refractivity contribution is 6.04. The first-order valence-corrected chi connectivity index (χ1v) is 8.40. The first-order chi connectivity index (χ1) is 12.1. The molecule has 5 heteroatoms. The van der Waals surface area contributed by atoms with Crippen LogP contribution in [0.5, 0.6) is 11.5 Å². The molecule has 1 saturated heterocycles. The first-order valence-electron chi connectivity index (χ1n) is 8.40. The molecule has 0 unspecified atom stereocenters. The highest BCUT2D eigenvalue weighted by Gasteiger charge is 2.37. The van der Waals surface area contributed by atoms with E-state index < -0.39 is 0 Å². The van der Waals surface area contributed by atoms with Gasteiger partial charge in [0.15, 0.2) is 0 Å². The Morgan fingerprint density at radius 2 is 1.92 bits per heavy atom. The first kappa shape index (κ1) is 17.3. The molecule has 0 bridgehead atoms. The number of methoxy groups -OCH3 is 1. The zero-order valence-electron chi connectivity index (χ0n) is 14.6. The van der Waals surface area contributed by atoms with E-state index in [4.69, 9.17) is 14.2 Å². The Labute approximate surface area is 147 Å². The SMILES string of the molecule is CCC1(COc2cccc(NC(=O)c3ccc(OC)cc3)c2)COC1. The van der Waals surface area contributed by atoms with Crippen molar-refractivity contribution in [2.45, 2.75) is 13.3 Å². The topological polar surface area (TPSA) is 56.8 Å². The van der Waals surface area contributed by atoms with Gasteiger partial charge in [-0.25, -0.2) is 0 Å². The van der Waals surface area contributed by atoms with Gasteiger partial charge in [0.05, 0.1) is 32.3 Å². The van der Waals surface area contributed by atoms with Crippen molar-refractivity contribution in [1.82, 2.24) is 0 Å². The maximum atomic E-state index is 12.3. The molecule has 0 aromatic heterocycles. The molecular formula is C20H23NO4. The van der Waals surface area contributed by atoms with Gasteiger partial charge >= 0.3 is 0 Å². The van der Waals surface area contributed by atoms with Crippen molar-refractivity contribution in [2.75, 3.05) is 32.2 Å². The Morgan fingerprint density at radius 3 is 2.52 bits per heavy atom. The molecule has 0 aliphatic carbocycles. The average molecular weight is 341 g/mol. The van der Waals surface area contributed by atoms with Gasteiger partial charge in [-0.1, -0.05) is 13.0 Å². The zero-order valence-corrected chi connectivity index (χ0v) is 14.6. The van der Waals surface area contributed by atoms with Gasteiger partial charge in [0.2, 0.25) is 0 Å². The summed E-state index contributed by atoms with van der Waals surface area (Å²) in [6, 6.07) is 14.4. The predicted molar refractivity (Wildman–Crippen MR) is 96.4 cm³/mol. The van der Waals surface area contributed by atoms with Crippen LogP contribution in [0.15, 0.2) is 48.5 Å². The van der Waals surface area contributed by atoms with Gasteiger partial charge in [0.25, 0.3) is 5.91 Å². The lowest BCUT2D eigenvalue weighted by molar-refractivity contribution is -0.133. The lowest BCUT2D eigenvalue weighted by Gasteiger charge is -2.40. The van der Waals surface area contributed by atoms with Crippen LogP contribution in [-0.2, 0) is 4.74 Å². The Kier molecular flexibility index (Phi) is 5.24. The van der Waals surface area contributed by atoms with Crippen LogP contribution in [0.25, 0.3) is 0 Å². The van der Waals surface area contributed by atoms with Crippen molar-refractivity contribution in [3.8, 4) is 11.5 Å². The highest BCUT2D eigenvalue weighted by Crippen LogP contribution is 2.32. The van der Waals surface area contributed by atoms with Crippen LogP contribution in [0.3, 0.4) is 0 Å². The summed E-state index contributed by atoms with van der Waals surface area (Å²) in [5.74, 6) is 1.29. The van der Waals surface area contributed by atoms with E-state index in [2.05, 4.69) is 12.2 Å². The molecule has 0 saturated carbocycles. The second kappa shape index (κ2) is 7.57. The molecule has 1 N–H and O–H groups in total. The average Bonchev–Trinajstić information content (AvgIpc) is 2.61. The number of benzene rings is 2. The molecule has 1 heterocycles. The van der Waals surface area contributed by atoms with Crippen LogP contribution in [0, 0.1) is 5.41 Å². The lowest BCUT2D eigenvalue weighted by atomic mass is 9.84. The molecule has 1 aliphatic rings. The molecule has 0 spiro atoms. The molecule has 0 atom stereocenters. The van der Waals surface area contributed by atoms with Gasteiger partial charge in [-0.15, -0.1) is 0 Å². The molecule has 132 valence electrons. The molecule has 25 heavy (non-hydrogen) atoms. The van der Waals surface area contributed by atoms with E-state index in [0.29, 0.717) is 17.9 Å². The summed E-state index contributed by atoms with van der Waals surface area (Å²) in [5.41, 5.74) is 1.40. The van der Waals surface area contributed by atoms with Crippen molar-refractivity contribution >= 4 is 11.6 Å². The summed E-state index contributed by atoms with van der Waals surface area (Å²) < 4.78 is 16.3. The van der Waals surface area contributed by atoms with E-state index in [9.17, 15) is 4.79 Å². The quantitative estimate of drug-likeness (QED) is 0.833. The fraction of sp³-hybridized carbons (Fsp3) is 0.350. The van der Waals surface area contributed by atoms with Gasteiger partial charge < -0.3 is 19.5 Å². The smallest absolute Gasteiger partial charge is 0.255 e. The van der Waals surface area contributed by atoms with Crippen molar-refractivity contribution in [3.05, 3.63) is 54.1 Å². The van der Waals surface area contributed by atoms with E-state index in [1.54, 1.807) is 31.4 Å². The van der Waals surface area contributed by atoms with Crippen molar-refractivity contribution in [2.24, 2.45) is 5.41 Å². The number of hydrogen-bond acceptors (Lipinski definition) is 4. The van der Waals surface area contributed by atoms with E-state index in [-0.39, 0.29) is 11.3 Å². The summed E-state index contributed by atoms with van der Waals surface area (Å²) in [7, 11) is 1.60. The maximum absolute atomic E-state index is 12.3. The Bertz CT molecular complexity index is 717. The van der Waals surface area contributed by atoms with E-state index in [0.717, 1.165) is 31.1 Å². The van der Waals surface area contributed by atoms with Crippen LogP contribution in [0.2, 0.25) is 0 Å². The number of carbonyl (C=O) groups excluding carboxylic acids is 1. The van der Waals surface area contributed by atoms with Crippen LogP contribution >= 0.6 is 0 Å². The standard InChI is InChI=1S/C20H23NO4/c1-3-20(12-24-13-20)14-25-18-6-4-5-16(11-18)21-19(22)15-7-9-17(23-2)10-8-15/h4-11H,3,12-14H2,1-2H3,(H,21,22). The number of amides is 1. The summed E-state index contributed by atoms with van der Waals surface area (Å²) in [5, 5.41) is 2.89. The normalized spacial score (nSPS) is 15.1. The summed E-state index contributed by atoms with van der Waals surface area (Å²) in [6.45, 7) is 4.27. The molecule has 1 fully saturated rings. The number of ether oxygens (including phenoxy) is 3. The third-order valence-electron chi connectivity index (χ3n) is 4.56. The number of hydrogen-bond donors (Lipinski definition) is 1. The number of nitrogens with one attached hydrogen (secondary N) is 1. The van der Waals surface area contributed by atoms with Gasteiger partial charge in [-0.05, 0) is 42.8 Å². The van der Waals surface area contributed by atoms with E-state index in [1.807, 2.05) is 24.3 Å².